The van der Waals surface area contributed by atoms with Gasteiger partial charge < -0.3 is 9.97 Å². The second kappa shape index (κ2) is 5.93. The van der Waals surface area contributed by atoms with Crippen molar-refractivity contribution < 1.29 is 0 Å². The van der Waals surface area contributed by atoms with Gasteiger partial charge in [0.05, 0.1) is 16.9 Å². The van der Waals surface area contributed by atoms with E-state index in [1.807, 2.05) is 0 Å². The fraction of sp³-hybridized carbons (Fsp3) is 0.250. The molecule has 2 N–H and O–H groups in total. The number of allylic oxidation sites excluding steroid dienone is 3. The average Bonchev–Trinajstić information content (AvgIpc) is 3.37. The minimum absolute atomic E-state index is 0.250. The summed E-state index contributed by atoms with van der Waals surface area (Å²) in [6.07, 6.45) is 9.37. The molecule has 1 unspecified atom stereocenters. The van der Waals surface area contributed by atoms with Crippen LogP contribution in [0.2, 0.25) is 0 Å². The zero-order chi connectivity index (χ0) is 19.5. The van der Waals surface area contributed by atoms with Crippen LogP contribution in [0.5, 0.6) is 0 Å². The van der Waals surface area contributed by atoms with E-state index in [9.17, 15) is 0 Å². The van der Waals surface area contributed by atoms with Gasteiger partial charge in [0.1, 0.15) is 0 Å². The first-order chi connectivity index (χ1) is 13.4. The normalized spacial score (nSPS) is 27.9. The molecule has 4 heteroatoms. The Balaban J connectivity index is 1.73. The van der Waals surface area contributed by atoms with Crippen LogP contribution in [0, 0.1) is 0 Å². The van der Waals surface area contributed by atoms with Crippen molar-refractivity contribution in [2.24, 2.45) is 9.98 Å². The van der Waals surface area contributed by atoms with Crippen LogP contribution in [-0.4, -0.2) is 26.9 Å². The third-order valence-corrected chi connectivity index (χ3v) is 6.11. The number of fused-ring (bicyclic) bond motifs is 6. The fourth-order valence-electron chi connectivity index (χ4n) is 4.07. The minimum Gasteiger partial charge on any atom is -0.355 e. The highest BCUT2D eigenvalue weighted by atomic mass is 14.9. The van der Waals surface area contributed by atoms with E-state index in [1.165, 1.54) is 16.7 Å². The second-order valence-electron chi connectivity index (χ2n) is 8.18. The van der Waals surface area contributed by atoms with E-state index >= 15 is 0 Å². The lowest BCUT2D eigenvalue weighted by atomic mass is 9.87. The van der Waals surface area contributed by atoms with Gasteiger partial charge in [-0.3, -0.25) is 9.98 Å². The highest BCUT2D eigenvalue weighted by Crippen LogP contribution is 2.36. The molecule has 0 aromatic carbocycles. The van der Waals surface area contributed by atoms with Crippen LogP contribution >= 0.6 is 0 Å². The van der Waals surface area contributed by atoms with E-state index in [2.05, 4.69) is 86.2 Å². The third-order valence-electron chi connectivity index (χ3n) is 6.11. The van der Waals surface area contributed by atoms with Gasteiger partial charge in [0.15, 0.2) is 0 Å². The standard InChI is InChI=1S/C24H24N4/c1-14-9-21-11-19-6-5-17(25-19)10-18-7-8-20(26-18)12-22-15(2)16(3)23(27-22)13-24(14,4)28-21/h5-12,25-26H,13H2,1-4H3/b17-10-,19-11-,22-12-. The summed E-state index contributed by atoms with van der Waals surface area (Å²) in [7, 11) is 0. The fourth-order valence-corrected chi connectivity index (χ4v) is 4.07. The Morgan fingerprint density at radius 2 is 1.54 bits per heavy atom. The van der Waals surface area contributed by atoms with Gasteiger partial charge in [-0.05, 0) is 93.0 Å². The summed E-state index contributed by atoms with van der Waals surface area (Å²) < 4.78 is 0. The molecular formula is C24H24N4. The van der Waals surface area contributed by atoms with Crippen LogP contribution in [-0.2, 0) is 0 Å². The summed E-state index contributed by atoms with van der Waals surface area (Å²) in [5.74, 6) is 0. The number of aromatic nitrogens is 2. The second-order valence-corrected chi connectivity index (χ2v) is 8.18. The number of nitrogens with zero attached hydrogens (tertiary/aromatic N) is 2. The van der Waals surface area contributed by atoms with Crippen LogP contribution in [0.25, 0.3) is 18.2 Å². The molecule has 0 saturated carbocycles. The summed E-state index contributed by atoms with van der Waals surface area (Å²) in [6.45, 7) is 8.71. The van der Waals surface area contributed by atoms with Gasteiger partial charge in [-0.1, -0.05) is 0 Å². The number of aliphatic imine (C=N–C) groups is 2. The molecule has 8 bridgehead atoms. The molecule has 0 aliphatic carbocycles. The monoisotopic (exact) mass is 368 g/mol. The molecule has 5 heterocycles. The number of hydrogen-bond acceptors (Lipinski definition) is 2. The van der Waals surface area contributed by atoms with Gasteiger partial charge in [-0.2, -0.15) is 0 Å². The minimum atomic E-state index is -0.250. The first-order valence-corrected chi connectivity index (χ1v) is 9.73. The maximum absolute atomic E-state index is 5.06. The van der Waals surface area contributed by atoms with Crippen molar-refractivity contribution in [3.05, 3.63) is 74.8 Å². The van der Waals surface area contributed by atoms with Crippen LogP contribution in [0.3, 0.4) is 0 Å². The Morgan fingerprint density at radius 3 is 2.32 bits per heavy atom. The molecule has 3 aliphatic rings. The SMILES string of the molecule is CC1=CC2=NC1(C)CC1=N/C(=C\c3ccc([nH]3)/C=c3/cc/c([nH]3)=C/2)C(C)=C1C. The Bertz CT molecular complexity index is 1270. The zero-order valence-corrected chi connectivity index (χ0v) is 16.7. The molecule has 4 nitrogen and oxygen atoms in total. The predicted molar refractivity (Wildman–Crippen MR) is 117 cm³/mol. The van der Waals surface area contributed by atoms with Gasteiger partial charge in [0.2, 0.25) is 0 Å². The number of H-pyrrole nitrogens is 2. The molecule has 5 rings (SSSR count). The third kappa shape index (κ3) is 2.76. The number of hydrogen-bond donors (Lipinski definition) is 2. The molecule has 1 atom stereocenters. The van der Waals surface area contributed by atoms with Crippen molar-refractivity contribution in [2.75, 3.05) is 0 Å². The lowest BCUT2D eigenvalue weighted by molar-refractivity contribution is 0.589. The van der Waals surface area contributed by atoms with Crippen molar-refractivity contribution in [3.63, 3.8) is 0 Å². The van der Waals surface area contributed by atoms with E-state index in [1.54, 1.807) is 0 Å². The first kappa shape index (κ1) is 17.0. The lowest BCUT2D eigenvalue weighted by Crippen LogP contribution is -2.25. The summed E-state index contributed by atoms with van der Waals surface area (Å²) in [5, 5.41) is 2.12. The molecule has 3 aliphatic heterocycles. The maximum atomic E-state index is 5.06. The Labute approximate surface area is 164 Å². The number of nitrogens with one attached hydrogen (secondary N) is 2. The summed E-state index contributed by atoms with van der Waals surface area (Å²) in [5.41, 5.74) is 8.85. The van der Waals surface area contributed by atoms with Crippen LogP contribution in [0.1, 0.15) is 45.5 Å². The summed E-state index contributed by atoms with van der Waals surface area (Å²) in [4.78, 5) is 17.0. The van der Waals surface area contributed by atoms with Crippen molar-refractivity contribution in [3.8, 4) is 0 Å². The average molecular weight is 368 g/mol. The van der Waals surface area contributed by atoms with Gasteiger partial charge >= 0.3 is 0 Å². The van der Waals surface area contributed by atoms with Crippen LogP contribution in [0.4, 0.5) is 0 Å². The molecule has 0 fully saturated rings. The zero-order valence-electron chi connectivity index (χ0n) is 16.7. The molecule has 140 valence electrons. The molecular weight excluding hydrogens is 344 g/mol. The van der Waals surface area contributed by atoms with E-state index in [0.717, 1.165) is 45.6 Å². The summed E-state index contributed by atoms with van der Waals surface area (Å²) >= 11 is 0. The van der Waals surface area contributed by atoms with Gasteiger partial charge in [0.25, 0.3) is 0 Å². The van der Waals surface area contributed by atoms with Crippen molar-refractivity contribution >= 4 is 29.7 Å². The maximum Gasteiger partial charge on any atom is 0.0852 e. The van der Waals surface area contributed by atoms with E-state index in [4.69, 9.17) is 9.98 Å². The smallest absolute Gasteiger partial charge is 0.0852 e. The van der Waals surface area contributed by atoms with Crippen molar-refractivity contribution in [2.45, 2.75) is 39.7 Å². The molecule has 28 heavy (non-hydrogen) atoms. The quantitative estimate of drug-likeness (QED) is 0.713. The van der Waals surface area contributed by atoms with Gasteiger partial charge in [-0.25, -0.2) is 0 Å². The van der Waals surface area contributed by atoms with Crippen LogP contribution in [0.15, 0.2) is 62.7 Å². The molecule has 0 spiro atoms. The van der Waals surface area contributed by atoms with Crippen molar-refractivity contribution in [1.82, 2.24) is 9.97 Å². The highest BCUT2D eigenvalue weighted by Gasteiger charge is 2.33. The largest absolute Gasteiger partial charge is 0.355 e. The Morgan fingerprint density at radius 1 is 0.821 bits per heavy atom. The van der Waals surface area contributed by atoms with Gasteiger partial charge in [-0.15, -0.1) is 0 Å². The first-order valence-electron chi connectivity index (χ1n) is 9.73. The van der Waals surface area contributed by atoms with Crippen molar-refractivity contribution in [1.29, 1.82) is 0 Å². The van der Waals surface area contributed by atoms with E-state index in [0.29, 0.717) is 0 Å². The summed E-state index contributed by atoms with van der Waals surface area (Å²) in [6, 6.07) is 8.39. The van der Waals surface area contributed by atoms with E-state index in [-0.39, 0.29) is 5.54 Å². The molecule has 0 saturated heterocycles. The Hall–Kier alpha value is -3.14. The number of aromatic amines is 2. The molecule has 0 radical (unpaired) electrons. The molecule has 0 amide bonds. The molecule has 2 aromatic rings. The topological polar surface area (TPSA) is 56.3 Å². The van der Waals surface area contributed by atoms with E-state index < -0.39 is 0 Å². The van der Waals surface area contributed by atoms with Crippen LogP contribution < -0.4 is 10.7 Å². The lowest BCUT2D eigenvalue weighted by Gasteiger charge is -2.23. The van der Waals surface area contributed by atoms with Gasteiger partial charge in [0, 0.05) is 34.2 Å². The number of rotatable bonds is 0. The molecule has 2 aromatic heterocycles. The predicted octanol–water partition coefficient (Wildman–Crippen LogP) is 3.65. The highest BCUT2D eigenvalue weighted by molar-refractivity contribution is 6.19. The Kier molecular flexibility index (Phi) is 3.60.